The third-order valence-electron chi connectivity index (χ3n) is 4.04. The fraction of sp³-hybridized carbons (Fsp3) is 0.533. The van der Waals surface area contributed by atoms with Crippen LogP contribution in [0.3, 0.4) is 0 Å². The molecule has 110 valence electrons. The predicted molar refractivity (Wildman–Crippen MR) is 73.6 cm³/mol. The van der Waals surface area contributed by atoms with E-state index in [0.717, 1.165) is 12.5 Å². The zero-order chi connectivity index (χ0) is 14.9. The topological polar surface area (TPSA) is 32.3 Å². The van der Waals surface area contributed by atoms with E-state index in [2.05, 4.69) is 12.2 Å². The molecule has 2 unspecified atom stereocenters. The van der Waals surface area contributed by atoms with Gasteiger partial charge in [-0.1, -0.05) is 6.92 Å². The van der Waals surface area contributed by atoms with Gasteiger partial charge in [-0.05, 0) is 37.9 Å². The van der Waals surface area contributed by atoms with Crippen LogP contribution in [0.4, 0.5) is 8.78 Å². The van der Waals surface area contributed by atoms with Crippen molar-refractivity contribution in [3.05, 3.63) is 34.9 Å². The van der Waals surface area contributed by atoms with E-state index in [9.17, 15) is 13.6 Å². The highest BCUT2D eigenvalue weighted by atomic mass is 19.1. The van der Waals surface area contributed by atoms with E-state index in [-0.39, 0.29) is 17.0 Å². The summed E-state index contributed by atoms with van der Waals surface area (Å²) in [5.41, 5.74) is 0.243. The molecule has 5 heteroatoms. The van der Waals surface area contributed by atoms with Crippen molar-refractivity contribution in [1.29, 1.82) is 0 Å². The molecule has 1 aliphatic rings. The van der Waals surface area contributed by atoms with Crippen LogP contribution in [0, 0.1) is 24.5 Å². The Balaban J connectivity index is 2.18. The van der Waals surface area contributed by atoms with Crippen molar-refractivity contribution in [1.82, 2.24) is 10.2 Å². The second-order valence-corrected chi connectivity index (χ2v) is 5.49. The molecule has 0 spiro atoms. The van der Waals surface area contributed by atoms with Gasteiger partial charge in [0.05, 0.1) is 5.56 Å². The number of hydrogen-bond donors (Lipinski definition) is 1. The number of carbonyl (C=O) groups is 1. The lowest BCUT2D eigenvalue weighted by atomic mass is 9.93. The molecule has 1 aromatic rings. The Morgan fingerprint density at radius 3 is 2.65 bits per heavy atom. The maximum atomic E-state index is 13.8. The van der Waals surface area contributed by atoms with E-state index < -0.39 is 11.6 Å². The molecular formula is C15H20F2N2O. The van der Waals surface area contributed by atoms with E-state index in [1.165, 1.54) is 13.0 Å². The van der Waals surface area contributed by atoms with E-state index in [0.29, 0.717) is 25.0 Å². The molecule has 0 bridgehead atoms. The first-order valence-electron chi connectivity index (χ1n) is 6.86. The van der Waals surface area contributed by atoms with Gasteiger partial charge in [0.2, 0.25) is 0 Å². The molecule has 1 amide bonds. The third-order valence-corrected chi connectivity index (χ3v) is 4.04. The average Bonchev–Trinajstić information content (AvgIpc) is 2.42. The minimum atomic E-state index is -0.790. The summed E-state index contributed by atoms with van der Waals surface area (Å²) < 4.78 is 27.0. The van der Waals surface area contributed by atoms with Gasteiger partial charge in [0.15, 0.2) is 0 Å². The highest BCUT2D eigenvalue weighted by Gasteiger charge is 2.29. The van der Waals surface area contributed by atoms with Crippen molar-refractivity contribution in [2.24, 2.45) is 5.92 Å². The molecular weight excluding hydrogens is 262 g/mol. The van der Waals surface area contributed by atoms with Crippen LogP contribution in [0.1, 0.15) is 29.3 Å². The number of aryl methyl sites for hydroxylation is 1. The van der Waals surface area contributed by atoms with Crippen LogP contribution in [-0.4, -0.2) is 37.0 Å². The fourth-order valence-corrected chi connectivity index (χ4v) is 2.75. The number of amides is 1. The van der Waals surface area contributed by atoms with Crippen molar-refractivity contribution in [2.45, 2.75) is 26.3 Å². The van der Waals surface area contributed by atoms with Crippen molar-refractivity contribution in [3.8, 4) is 0 Å². The summed E-state index contributed by atoms with van der Waals surface area (Å²) >= 11 is 0. The molecule has 3 nitrogen and oxygen atoms in total. The van der Waals surface area contributed by atoms with Crippen molar-refractivity contribution in [2.75, 3.05) is 20.1 Å². The lowest BCUT2D eigenvalue weighted by Crippen LogP contribution is -2.49. The molecule has 0 saturated carbocycles. The minimum Gasteiger partial charge on any atom is -0.338 e. The standard InChI is InChI=1S/C15H20F2N2O/c1-9-6-11(13(17)7-12(9)16)15(20)19-5-4-14(18-3)10(2)8-19/h6-7,10,14,18H,4-5,8H2,1-3H3. The number of nitrogens with zero attached hydrogens (tertiary/aromatic N) is 1. The summed E-state index contributed by atoms with van der Waals surface area (Å²) in [6.45, 7) is 4.76. The molecule has 1 fully saturated rings. The van der Waals surface area contributed by atoms with Crippen LogP contribution in [0.2, 0.25) is 0 Å². The zero-order valence-electron chi connectivity index (χ0n) is 12.0. The van der Waals surface area contributed by atoms with Crippen LogP contribution in [0.5, 0.6) is 0 Å². The van der Waals surface area contributed by atoms with Gasteiger partial charge >= 0.3 is 0 Å². The Morgan fingerprint density at radius 2 is 2.05 bits per heavy atom. The molecule has 1 aromatic carbocycles. The normalized spacial score (nSPS) is 22.9. The van der Waals surface area contributed by atoms with Crippen molar-refractivity contribution in [3.63, 3.8) is 0 Å². The van der Waals surface area contributed by atoms with Gasteiger partial charge in [-0.25, -0.2) is 8.78 Å². The number of likely N-dealkylation sites (tertiary alicyclic amines) is 1. The highest BCUT2D eigenvalue weighted by Crippen LogP contribution is 2.21. The maximum Gasteiger partial charge on any atom is 0.256 e. The first kappa shape index (κ1) is 14.9. The number of hydrogen-bond acceptors (Lipinski definition) is 2. The molecule has 1 heterocycles. The highest BCUT2D eigenvalue weighted by molar-refractivity contribution is 5.94. The van der Waals surface area contributed by atoms with E-state index in [1.807, 2.05) is 7.05 Å². The molecule has 2 rings (SSSR count). The van der Waals surface area contributed by atoms with Gasteiger partial charge < -0.3 is 10.2 Å². The summed E-state index contributed by atoms with van der Waals surface area (Å²) in [5.74, 6) is -1.46. The number of halogens is 2. The summed E-state index contributed by atoms with van der Waals surface area (Å²) in [5, 5.41) is 3.22. The summed E-state index contributed by atoms with van der Waals surface area (Å²) in [7, 11) is 1.90. The number of benzene rings is 1. The van der Waals surface area contributed by atoms with Crippen LogP contribution < -0.4 is 5.32 Å². The molecule has 0 radical (unpaired) electrons. The second-order valence-electron chi connectivity index (χ2n) is 5.49. The SMILES string of the molecule is CNC1CCN(C(=O)c2cc(C)c(F)cc2F)CC1C. The Morgan fingerprint density at radius 1 is 1.35 bits per heavy atom. The molecule has 20 heavy (non-hydrogen) atoms. The predicted octanol–water partition coefficient (Wildman–Crippen LogP) is 2.34. The van der Waals surface area contributed by atoms with Gasteiger partial charge in [0.1, 0.15) is 11.6 Å². The van der Waals surface area contributed by atoms with Gasteiger partial charge in [0.25, 0.3) is 5.91 Å². The minimum absolute atomic E-state index is 0.0426. The molecule has 0 aliphatic carbocycles. The lowest BCUT2D eigenvalue weighted by Gasteiger charge is -2.36. The second kappa shape index (κ2) is 5.87. The van der Waals surface area contributed by atoms with E-state index in [1.54, 1.807) is 4.90 Å². The molecule has 1 saturated heterocycles. The first-order chi connectivity index (χ1) is 9.43. The number of piperidine rings is 1. The fourth-order valence-electron chi connectivity index (χ4n) is 2.75. The average molecular weight is 282 g/mol. The maximum absolute atomic E-state index is 13.8. The Labute approximate surface area is 118 Å². The zero-order valence-corrected chi connectivity index (χ0v) is 12.0. The van der Waals surface area contributed by atoms with E-state index in [4.69, 9.17) is 0 Å². The smallest absolute Gasteiger partial charge is 0.256 e. The summed E-state index contributed by atoms with van der Waals surface area (Å²) in [4.78, 5) is 14.0. The molecule has 0 aromatic heterocycles. The van der Waals surface area contributed by atoms with Gasteiger partial charge in [0, 0.05) is 25.2 Å². The van der Waals surface area contributed by atoms with Crippen LogP contribution in [-0.2, 0) is 0 Å². The van der Waals surface area contributed by atoms with Gasteiger partial charge in [-0.3, -0.25) is 4.79 Å². The van der Waals surface area contributed by atoms with Crippen LogP contribution >= 0.6 is 0 Å². The molecule has 1 N–H and O–H groups in total. The summed E-state index contributed by atoms with van der Waals surface area (Å²) in [6, 6.07) is 2.45. The Kier molecular flexibility index (Phi) is 4.38. The monoisotopic (exact) mass is 282 g/mol. The summed E-state index contributed by atoms with van der Waals surface area (Å²) in [6.07, 6.45) is 0.838. The van der Waals surface area contributed by atoms with Gasteiger partial charge in [-0.2, -0.15) is 0 Å². The van der Waals surface area contributed by atoms with Crippen molar-refractivity contribution < 1.29 is 13.6 Å². The number of nitrogens with one attached hydrogen (secondary N) is 1. The van der Waals surface area contributed by atoms with Gasteiger partial charge in [-0.15, -0.1) is 0 Å². The Hall–Kier alpha value is -1.49. The van der Waals surface area contributed by atoms with Crippen LogP contribution in [0.25, 0.3) is 0 Å². The van der Waals surface area contributed by atoms with Crippen molar-refractivity contribution >= 4 is 5.91 Å². The van der Waals surface area contributed by atoms with E-state index >= 15 is 0 Å². The molecule has 1 aliphatic heterocycles. The van der Waals surface area contributed by atoms with Crippen LogP contribution in [0.15, 0.2) is 12.1 Å². The third kappa shape index (κ3) is 2.82. The number of rotatable bonds is 2. The lowest BCUT2D eigenvalue weighted by molar-refractivity contribution is 0.0644. The number of carbonyl (C=O) groups excluding carboxylic acids is 1. The Bertz CT molecular complexity index is 519. The molecule has 2 atom stereocenters. The first-order valence-corrected chi connectivity index (χ1v) is 6.86. The largest absolute Gasteiger partial charge is 0.338 e. The quantitative estimate of drug-likeness (QED) is 0.903.